The summed E-state index contributed by atoms with van der Waals surface area (Å²) in [4.78, 5) is 22.9. The van der Waals surface area contributed by atoms with Crippen LogP contribution in [0.2, 0.25) is 0 Å². The van der Waals surface area contributed by atoms with Gasteiger partial charge >= 0.3 is 0 Å². The summed E-state index contributed by atoms with van der Waals surface area (Å²) in [6.45, 7) is 2.48. The molecule has 106 valence electrons. The number of aryl methyl sites for hydroxylation is 1. The summed E-state index contributed by atoms with van der Waals surface area (Å²) in [5.74, 6) is -1.26. The van der Waals surface area contributed by atoms with Gasteiger partial charge in [-0.2, -0.15) is 0 Å². The SMILES string of the molecule is Cc1oc(C(=O)NCC(=O)[O-])cc1C[NH+](C)CCO. The Hall–Kier alpha value is -1.86. The fourth-order valence-electron chi connectivity index (χ4n) is 1.65. The van der Waals surface area contributed by atoms with Crippen LogP contribution in [-0.4, -0.2) is 43.7 Å². The molecule has 7 nitrogen and oxygen atoms in total. The van der Waals surface area contributed by atoms with Crippen LogP contribution >= 0.6 is 0 Å². The van der Waals surface area contributed by atoms with Gasteiger partial charge in [0.15, 0.2) is 5.76 Å². The van der Waals surface area contributed by atoms with Crippen molar-refractivity contribution in [3.63, 3.8) is 0 Å². The van der Waals surface area contributed by atoms with Crippen LogP contribution in [-0.2, 0) is 11.3 Å². The van der Waals surface area contributed by atoms with E-state index in [1.165, 1.54) is 0 Å². The summed E-state index contributed by atoms with van der Waals surface area (Å²) in [6, 6.07) is 1.58. The fourth-order valence-corrected chi connectivity index (χ4v) is 1.65. The second kappa shape index (κ2) is 6.91. The number of aliphatic hydroxyl groups excluding tert-OH is 1. The van der Waals surface area contributed by atoms with Crippen molar-refractivity contribution in [3.05, 3.63) is 23.2 Å². The average molecular weight is 270 g/mol. The highest BCUT2D eigenvalue weighted by Crippen LogP contribution is 2.13. The lowest BCUT2D eigenvalue weighted by atomic mass is 10.2. The molecule has 0 saturated heterocycles. The first-order valence-corrected chi connectivity index (χ1v) is 5.93. The van der Waals surface area contributed by atoms with E-state index in [1.807, 2.05) is 7.05 Å². The van der Waals surface area contributed by atoms with Crippen molar-refractivity contribution in [2.24, 2.45) is 0 Å². The molecule has 1 aromatic heterocycles. The highest BCUT2D eigenvalue weighted by molar-refractivity contribution is 5.93. The number of carboxylic acid groups (broad SMARTS) is 1. The van der Waals surface area contributed by atoms with E-state index in [0.717, 1.165) is 10.5 Å². The van der Waals surface area contributed by atoms with Gasteiger partial charge in [-0.05, 0) is 13.0 Å². The maximum Gasteiger partial charge on any atom is 0.287 e. The minimum Gasteiger partial charge on any atom is -0.548 e. The minimum atomic E-state index is -1.36. The topological polar surface area (TPSA) is 107 Å². The third-order valence-electron chi connectivity index (χ3n) is 2.67. The molecule has 1 atom stereocenters. The van der Waals surface area contributed by atoms with Gasteiger partial charge in [0.2, 0.25) is 0 Å². The van der Waals surface area contributed by atoms with Crippen molar-refractivity contribution in [2.75, 3.05) is 26.7 Å². The molecule has 0 aliphatic heterocycles. The van der Waals surface area contributed by atoms with Crippen LogP contribution in [0.1, 0.15) is 21.9 Å². The number of hydrogen-bond acceptors (Lipinski definition) is 5. The molecule has 1 amide bonds. The van der Waals surface area contributed by atoms with E-state index < -0.39 is 18.4 Å². The molecule has 19 heavy (non-hydrogen) atoms. The molecule has 0 aromatic carbocycles. The largest absolute Gasteiger partial charge is 0.548 e. The highest BCUT2D eigenvalue weighted by atomic mass is 16.4. The van der Waals surface area contributed by atoms with Crippen LogP contribution in [0.25, 0.3) is 0 Å². The monoisotopic (exact) mass is 270 g/mol. The molecule has 0 radical (unpaired) electrons. The number of amides is 1. The number of furan rings is 1. The molecule has 0 aliphatic carbocycles. The lowest BCUT2D eigenvalue weighted by molar-refractivity contribution is -0.894. The summed E-state index contributed by atoms with van der Waals surface area (Å²) in [7, 11) is 1.92. The van der Waals surface area contributed by atoms with Gasteiger partial charge in [0.05, 0.1) is 26.2 Å². The van der Waals surface area contributed by atoms with Crippen molar-refractivity contribution < 1.29 is 29.1 Å². The van der Waals surface area contributed by atoms with Gasteiger partial charge in [0, 0.05) is 5.56 Å². The number of carbonyl (C=O) groups excluding carboxylic acids is 2. The molecule has 0 spiro atoms. The van der Waals surface area contributed by atoms with Crippen molar-refractivity contribution in [1.82, 2.24) is 5.32 Å². The summed E-state index contributed by atoms with van der Waals surface area (Å²) in [6.07, 6.45) is 0. The van der Waals surface area contributed by atoms with Crippen LogP contribution in [0.4, 0.5) is 0 Å². The standard InChI is InChI=1S/C12H18N2O5/c1-8-9(7-14(2)3-4-15)5-10(19-8)12(18)13-6-11(16)17/h5,15H,3-4,6-7H2,1-2H3,(H,13,18)(H,16,17). The molecule has 1 heterocycles. The fraction of sp³-hybridized carbons (Fsp3) is 0.500. The zero-order chi connectivity index (χ0) is 14.4. The molecule has 0 aliphatic rings. The summed E-state index contributed by atoms with van der Waals surface area (Å²) in [5, 5.41) is 21.2. The molecule has 0 fully saturated rings. The Morgan fingerprint density at radius 3 is 2.79 bits per heavy atom. The summed E-state index contributed by atoms with van der Waals surface area (Å²) >= 11 is 0. The number of quaternary nitrogens is 1. The number of carboxylic acids is 1. The average Bonchev–Trinajstić information content (AvgIpc) is 2.68. The van der Waals surface area contributed by atoms with Gasteiger partial charge in [-0.15, -0.1) is 0 Å². The van der Waals surface area contributed by atoms with Crippen molar-refractivity contribution >= 4 is 11.9 Å². The van der Waals surface area contributed by atoms with E-state index in [2.05, 4.69) is 5.32 Å². The van der Waals surface area contributed by atoms with Crippen molar-refractivity contribution in [2.45, 2.75) is 13.5 Å². The Bertz CT molecular complexity index is 455. The molecule has 7 heteroatoms. The van der Waals surface area contributed by atoms with E-state index in [-0.39, 0.29) is 12.4 Å². The van der Waals surface area contributed by atoms with E-state index in [0.29, 0.717) is 18.8 Å². The number of hydrogen-bond donors (Lipinski definition) is 3. The maximum atomic E-state index is 11.6. The number of rotatable bonds is 7. The van der Waals surface area contributed by atoms with Crippen molar-refractivity contribution in [3.8, 4) is 0 Å². The zero-order valence-corrected chi connectivity index (χ0v) is 11.0. The van der Waals surface area contributed by atoms with Crippen LogP contribution < -0.4 is 15.3 Å². The molecule has 1 rings (SSSR count). The third kappa shape index (κ3) is 4.72. The Morgan fingerprint density at radius 1 is 1.53 bits per heavy atom. The van der Waals surface area contributed by atoms with Crippen LogP contribution in [0.5, 0.6) is 0 Å². The molecule has 1 unspecified atom stereocenters. The predicted molar refractivity (Wildman–Crippen MR) is 63.3 cm³/mol. The number of carbonyl (C=O) groups is 2. The van der Waals surface area contributed by atoms with E-state index >= 15 is 0 Å². The molecule has 0 saturated carbocycles. The molecule has 3 N–H and O–H groups in total. The first kappa shape index (κ1) is 15.2. The second-order valence-corrected chi connectivity index (χ2v) is 4.35. The Balaban J connectivity index is 2.67. The lowest BCUT2D eigenvalue weighted by Crippen LogP contribution is -3.08. The smallest absolute Gasteiger partial charge is 0.287 e. The molecule has 0 bridgehead atoms. The number of nitrogens with one attached hydrogen (secondary N) is 2. The Kier molecular flexibility index (Phi) is 5.53. The van der Waals surface area contributed by atoms with Gasteiger partial charge in [-0.3, -0.25) is 4.79 Å². The number of aliphatic hydroxyl groups is 1. The van der Waals surface area contributed by atoms with Crippen LogP contribution in [0.15, 0.2) is 10.5 Å². The normalized spacial score (nSPS) is 12.2. The first-order chi connectivity index (χ1) is 8.93. The van der Waals surface area contributed by atoms with E-state index in [1.54, 1.807) is 13.0 Å². The number of aliphatic carboxylic acids is 1. The van der Waals surface area contributed by atoms with Crippen LogP contribution in [0, 0.1) is 6.92 Å². The van der Waals surface area contributed by atoms with E-state index in [9.17, 15) is 14.7 Å². The first-order valence-electron chi connectivity index (χ1n) is 5.93. The van der Waals surface area contributed by atoms with Gasteiger partial charge in [0.25, 0.3) is 5.91 Å². The second-order valence-electron chi connectivity index (χ2n) is 4.35. The highest BCUT2D eigenvalue weighted by Gasteiger charge is 2.16. The zero-order valence-electron chi connectivity index (χ0n) is 11.0. The summed E-state index contributed by atoms with van der Waals surface area (Å²) in [5.41, 5.74) is 0.851. The Labute approximate surface area is 110 Å². The Morgan fingerprint density at radius 2 is 2.21 bits per heavy atom. The quantitative estimate of drug-likeness (QED) is 0.492. The summed E-state index contributed by atoms with van der Waals surface area (Å²) < 4.78 is 5.29. The van der Waals surface area contributed by atoms with E-state index in [4.69, 9.17) is 9.52 Å². The lowest BCUT2D eigenvalue weighted by Gasteiger charge is -2.11. The van der Waals surface area contributed by atoms with Crippen LogP contribution in [0.3, 0.4) is 0 Å². The molecule has 1 aromatic rings. The van der Waals surface area contributed by atoms with Gasteiger partial charge < -0.3 is 29.6 Å². The van der Waals surface area contributed by atoms with Gasteiger partial charge in [-0.1, -0.05) is 0 Å². The predicted octanol–water partition coefficient (Wildman–Crippen LogP) is -2.93. The minimum absolute atomic E-state index is 0.0746. The van der Waals surface area contributed by atoms with Gasteiger partial charge in [-0.25, -0.2) is 0 Å². The van der Waals surface area contributed by atoms with Crippen molar-refractivity contribution in [1.29, 1.82) is 0 Å². The molecular weight excluding hydrogens is 252 g/mol. The third-order valence-corrected chi connectivity index (χ3v) is 2.67. The number of likely N-dealkylation sites (N-methyl/N-ethyl adjacent to an activating group) is 1. The molecular formula is C12H18N2O5. The van der Waals surface area contributed by atoms with Gasteiger partial charge in [0.1, 0.15) is 18.8 Å². The maximum absolute atomic E-state index is 11.6.